The number of hydrogen-bond donors (Lipinski definition) is 1. The second kappa shape index (κ2) is 8.54. The molecule has 2 aromatic carbocycles. The fraction of sp³-hybridized carbons (Fsp3) is 0.211. The SMILES string of the molecule is CCn1c(SCC(=O)Nc2ccc(F)cc2C)nnc1-c1ccc(Cl)cc1. The molecule has 0 atom stereocenters. The van der Waals surface area contributed by atoms with E-state index in [9.17, 15) is 9.18 Å². The lowest BCUT2D eigenvalue weighted by atomic mass is 10.2. The van der Waals surface area contributed by atoms with Crippen LogP contribution in [0.3, 0.4) is 0 Å². The van der Waals surface area contributed by atoms with Gasteiger partial charge in [0.15, 0.2) is 11.0 Å². The van der Waals surface area contributed by atoms with Crippen LogP contribution in [-0.2, 0) is 11.3 Å². The van der Waals surface area contributed by atoms with Crippen LogP contribution in [0, 0.1) is 12.7 Å². The smallest absolute Gasteiger partial charge is 0.234 e. The first-order valence-electron chi connectivity index (χ1n) is 8.36. The van der Waals surface area contributed by atoms with Crippen molar-refractivity contribution < 1.29 is 9.18 Å². The number of amides is 1. The number of nitrogens with zero attached hydrogens (tertiary/aromatic N) is 3. The zero-order valence-corrected chi connectivity index (χ0v) is 16.4. The van der Waals surface area contributed by atoms with E-state index in [-0.39, 0.29) is 17.5 Å². The molecule has 0 aliphatic carbocycles. The molecule has 8 heteroatoms. The molecule has 0 fully saturated rings. The van der Waals surface area contributed by atoms with Crippen molar-refractivity contribution >= 4 is 35.0 Å². The van der Waals surface area contributed by atoms with E-state index in [1.54, 1.807) is 25.1 Å². The third kappa shape index (κ3) is 4.67. The number of anilines is 1. The number of rotatable bonds is 6. The number of aromatic nitrogens is 3. The van der Waals surface area contributed by atoms with Gasteiger partial charge in [0.2, 0.25) is 5.91 Å². The third-order valence-electron chi connectivity index (χ3n) is 3.93. The van der Waals surface area contributed by atoms with Crippen molar-refractivity contribution in [2.24, 2.45) is 0 Å². The Morgan fingerprint density at radius 3 is 2.63 bits per heavy atom. The fourth-order valence-electron chi connectivity index (χ4n) is 2.58. The first-order valence-corrected chi connectivity index (χ1v) is 9.72. The number of hydrogen-bond acceptors (Lipinski definition) is 4. The Labute approximate surface area is 166 Å². The summed E-state index contributed by atoms with van der Waals surface area (Å²) >= 11 is 7.24. The molecular weight excluding hydrogens is 387 g/mol. The first kappa shape index (κ1) is 19.4. The molecule has 1 N–H and O–H groups in total. The zero-order chi connectivity index (χ0) is 19.4. The quantitative estimate of drug-likeness (QED) is 0.599. The molecule has 1 aromatic heterocycles. The topological polar surface area (TPSA) is 59.8 Å². The van der Waals surface area contributed by atoms with Crippen molar-refractivity contribution in [3.05, 3.63) is 58.9 Å². The monoisotopic (exact) mass is 404 g/mol. The molecule has 0 saturated carbocycles. The predicted octanol–water partition coefficient (Wildman–Crippen LogP) is 4.80. The molecule has 0 saturated heterocycles. The summed E-state index contributed by atoms with van der Waals surface area (Å²) in [5, 5.41) is 12.6. The summed E-state index contributed by atoms with van der Waals surface area (Å²) < 4.78 is 15.1. The molecule has 1 amide bonds. The normalized spacial score (nSPS) is 10.8. The third-order valence-corrected chi connectivity index (χ3v) is 5.15. The summed E-state index contributed by atoms with van der Waals surface area (Å²) in [6, 6.07) is 11.6. The van der Waals surface area contributed by atoms with Crippen LogP contribution < -0.4 is 5.32 Å². The largest absolute Gasteiger partial charge is 0.325 e. The van der Waals surface area contributed by atoms with Gasteiger partial charge in [0, 0.05) is 22.8 Å². The van der Waals surface area contributed by atoms with Crippen molar-refractivity contribution in [2.45, 2.75) is 25.5 Å². The van der Waals surface area contributed by atoms with E-state index in [1.165, 1.54) is 23.9 Å². The van der Waals surface area contributed by atoms with Crippen molar-refractivity contribution in [1.29, 1.82) is 0 Å². The number of benzene rings is 2. The molecule has 3 rings (SSSR count). The van der Waals surface area contributed by atoms with E-state index < -0.39 is 0 Å². The van der Waals surface area contributed by atoms with E-state index in [2.05, 4.69) is 15.5 Å². The maximum atomic E-state index is 13.2. The van der Waals surface area contributed by atoms with E-state index in [4.69, 9.17) is 11.6 Å². The van der Waals surface area contributed by atoms with Gasteiger partial charge in [-0.05, 0) is 61.9 Å². The summed E-state index contributed by atoms with van der Waals surface area (Å²) in [6.45, 7) is 4.42. The highest BCUT2D eigenvalue weighted by atomic mass is 35.5. The minimum Gasteiger partial charge on any atom is -0.325 e. The zero-order valence-electron chi connectivity index (χ0n) is 14.9. The van der Waals surface area contributed by atoms with Gasteiger partial charge < -0.3 is 9.88 Å². The standard InChI is InChI=1S/C19H18ClFN4OS/c1-3-25-18(13-4-6-14(20)7-5-13)23-24-19(25)27-11-17(26)22-16-9-8-15(21)10-12(16)2/h4-10H,3,11H2,1-2H3,(H,22,26). The Balaban J connectivity index is 1.69. The average molecular weight is 405 g/mol. The summed E-state index contributed by atoms with van der Waals surface area (Å²) in [5.41, 5.74) is 2.18. The van der Waals surface area contributed by atoms with Crippen LogP contribution in [-0.4, -0.2) is 26.4 Å². The minimum absolute atomic E-state index is 0.176. The van der Waals surface area contributed by atoms with Gasteiger partial charge in [-0.25, -0.2) is 4.39 Å². The van der Waals surface area contributed by atoms with Crippen LogP contribution >= 0.6 is 23.4 Å². The molecule has 27 heavy (non-hydrogen) atoms. The summed E-state index contributed by atoms with van der Waals surface area (Å²) in [6.07, 6.45) is 0. The number of nitrogens with one attached hydrogen (secondary N) is 1. The van der Waals surface area contributed by atoms with Crippen LogP contribution in [0.1, 0.15) is 12.5 Å². The number of aryl methyl sites for hydroxylation is 1. The molecule has 0 aliphatic heterocycles. The van der Waals surface area contributed by atoms with Crippen LogP contribution in [0.25, 0.3) is 11.4 Å². The molecule has 0 aliphatic rings. The lowest BCUT2D eigenvalue weighted by Gasteiger charge is -2.09. The van der Waals surface area contributed by atoms with Crippen LogP contribution in [0.5, 0.6) is 0 Å². The Hall–Kier alpha value is -2.38. The average Bonchev–Trinajstić information content (AvgIpc) is 3.06. The van der Waals surface area contributed by atoms with Crippen LogP contribution in [0.2, 0.25) is 5.02 Å². The van der Waals surface area contributed by atoms with Crippen molar-refractivity contribution in [3.8, 4) is 11.4 Å². The molecule has 0 radical (unpaired) electrons. The van der Waals surface area contributed by atoms with Crippen molar-refractivity contribution in [1.82, 2.24) is 14.8 Å². The predicted molar refractivity (Wildman–Crippen MR) is 107 cm³/mol. The molecule has 0 unspecified atom stereocenters. The Bertz CT molecular complexity index is 959. The van der Waals surface area contributed by atoms with Crippen molar-refractivity contribution in [2.75, 3.05) is 11.1 Å². The maximum absolute atomic E-state index is 13.2. The number of halogens is 2. The van der Waals surface area contributed by atoms with Gasteiger partial charge in [-0.15, -0.1) is 10.2 Å². The first-order chi connectivity index (χ1) is 13.0. The molecular formula is C19H18ClFN4OS. The van der Waals surface area contributed by atoms with Gasteiger partial charge in [-0.2, -0.15) is 0 Å². The highest BCUT2D eigenvalue weighted by molar-refractivity contribution is 7.99. The van der Waals surface area contributed by atoms with Crippen molar-refractivity contribution in [3.63, 3.8) is 0 Å². The van der Waals surface area contributed by atoms with E-state index >= 15 is 0 Å². The summed E-state index contributed by atoms with van der Waals surface area (Å²) in [5.74, 6) is 0.390. The lowest BCUT2D eigenvalue weighted by Crippen LogP contribution is -2.15. The van der Waals surface area contributed by atoms with Crippen LogP contribution in [0.4, 0.5) is 10.1 Å². The highest BCUT2D eigenvalue weighted by Gasteiger charge is 2.15. The van der Waals surface area contributed by atoms with Gasteiger partial charge in [0.1, 0.15) is 5.82 Å². The number of carbonyl (C=O) groups is 1. The molecule has 0 bridgehead atoms. The van der Waals surface area contributed by atoms with Crippen LogP contribution in [0.15, 0.2) is 47.6 Å². The number of carbonyl (C=O) groups excluding carboxylic acids is 1. The van der Waals surface area contributed by atoms with E-state index in [0.29, 0.717) is 28.0 Å². The maximum Gasteiger partial charge on any atom is 0.234 e. The van der Waals surface area contributed by atoms with E-state index in [0.717, 1.165) is 11.4 Å². The molecule has 0 spiro atoms. The Kier molecular flexibility index (Phi) is 6.13. The van der Waals surface area contributed by atoms with E-state index in [1.807, 2.05) is 23.6 Å². The Morgan fingerprint density at radius 1 is 1.22 bits per heavy atom. The number of thioether (sulfide) groups is 1. The lowest BCUT2D eigenvalue weighted by molar-refractivity contribution is -0.113. The fourth-order valence-corrected chi connectivity index (χ4v) is 3.51. The molecule has 140 valence electrons. The molecule has 5 nitrogen and oxygen atoms in total. The molecule has 1 heterocycles. The molecule has 3 aromatic rings. The van der Waals surface area contributed by atoms with Gasteiger partial charge in [0.05, 0.1) is 5.75 Å². The highest BCUT2D eigenvalue weighted by Crippen LogP contribution is 2.25. The second-order valence-corrected chi connectivity index (χ2v) is 7.23. The van der Waals surface area contributed by atoms with Gasteiger partial charge >= 0.3 is 0 Å². The summed E-state index contributed by atoms with van der Waals surface area (Å²) in [4.78, 5) is 12.2. The van der Waals surface area contributed by atoms with Gasteiger partial charge in [0.25, 0.3) is 0 Å². The van der Waals surface area contributed by atoms with Gasteiger partial charge in [-0.3, -0.25) is 4.79 Å². The second-order valence-electron chi connectivity index (χ2n) is 5.85. The minimum atomic E-state index is -0.328. The summed E-state index contributed by atoms with van der Waals surface area (Å²) in [7, 11) is 0. The van der Waals surface area contributed by atoms with Gasteiger partial charge in [-0.1, -0.05) is 23.4 Å². The Morgan fingerprint density at radius 2 is 1.96 bits per heavy atom.